The van der Waals surface area contributed by atoms with E-state index in [4.69, 9.17) is 10.1 Å². The molecule has 1 aliphatic rings. The number of fused-ring (bicyclic) bond motifs is 3. The van der Waals surface area contributed by atoms with Crippen LogP contribution in [0.25, 0.3) is 16.7 Å². The SMILES string of the molecule is COC(=O)c1c(NC(=O)c2cc3c(=O)n4ccccc4nc3n(Cc3ccccc3)c2=N)sc2c1CCCC2. The van der Waals surface area contributed by atoms with Gasteiger partial charge in [0.05, 0.1) is 30.2 Å². The van der Waals surface area contributed by atoms with Crippen molar-refractivity contribution in [3.8, 4) is 0 Å². The lowest BCUT2D eigenvalue weighted by Gasteiger charge is -2.15. The van der Waals surface area contributed by atoms with E-state index >= 15 is 0 Å². The summed E-state index contributed by atoms with van der Waals surface area (Å²) in [5.74, 6) is -1.08. The largest absolute Gasteiger partial charge is 0.465 e. The lowest BCUT2D eigenvalue weighted by molar-refractivity contribution is 0.0601. The van der Waals surface area contributed by atoms with E-state index in [2.05, 4.69) is 10.3 Å². The molecule has 5 aromatic rings. The molecule has 2 N–H and O–H groups in total. The lowest BCUT2D eigenvalue weighted by atomic mass is 9.95. The highest BCUT2D eigenvalue weighted by Gasteiger charge is 2.28. The minimum Gasteiger partial charge on any atom is -0.465 e. The predicted octanol–water partition coefficient (Wildman–Crippen LogP) is 4.16. The van der Waals surface area contributed by atoms with Gasteiger partial charge in [-0.2, -0.15) is 0 Å². The number of pyridine rings is 2. The molecule has 0 spiro atoms. The van der Waals surface area contributed by atoms with Crippen LogP contribution in [0.4, 0.5) is 5.00 Å². The number of esters is 1. The minimum atomic E-state index is -0.579. The topological polar surface area (TPSA) is 119 Å². The van der Waals surface area contributed by atoms with Gasteiger partial charge in [0, 0.05) is 11.1 Å². The fourth-order valence-electron chi connectivity index (χ4n) is 5.12. The van der Waals surface area contributed by atoms with Crippen molar-refractivity contribution < 1.29 is 14.3 Å². The van der Waals surface area contributed by atoms with Gasteiger partial charge in [-0.15, -0.1) is 11.3 Å². The number of carbonyl (C=O) groups excluding carboxylic acids is 2. The summed E-state index contributed by atoms with van der Waals surface area (Å²) >= 11 is 1.37. The number of nitrogens with zero attached hydrogens (tertiary/aromatic N) is 3. The van der Waals surface area contributed by atoms with E-state index in [1.54, 1.807) is 29.0 Å². The minimum absolute atomic E-state index is 0.00963. The van der Waals surface area contributed by atoms with Gasteiger partial charge in [-0.3, -0.25) is 19.4 Å². The molecule has 1 aromatic carbocycles. The van der Waals surface area contributed by atoms with Crippen molar-refractivity contribution in [2.24, 2.45) is 0 Å². The molecule has 1 amide bonds. The molecule has 0 saturated heterocycles. The number of methoxy groups -OCH3 is 1. The number of amides is 1. The first kappa shape index (κ1) is 24.7. The van der Waals surface area contributed by atoms with Crippen LogP contribution in [-0.4, -0.2) is 32.9 Å². The number of aromatic nitrogens is 3. The first-order valence-corrected chi connectivity index (χ1v) is 13.5. The number of thiophene rings is 1. The van der Waals surface area contributed by atoms with Crippen LogP contribution < -0.4 is 16.4 Å². The zero-order valence-electron chi connectivity index (χ0n) is 21.2. The number of carbonyl (C=O) groups is 2. The number of hydrogen-bond acceptors (Lipinski definition) is 7. The summed E-state index contributed by atoms with van der Waals surface area (Å²) in [4.78, 5) is 45.7. The molecule has 39 heavy (non-hydrogen) atoms. The molecule has 0 aliphatic heterocycles. The smallest absolute Gasteiger partial charge is 0.341 e. The Labute approximate surface area is 226 Å². The van der Waals surface area contributed by atoms with E-state index in [1.165, 1.54) is 28.9 Å². The van der Waals surface area contributed by atoms with Gasteiger partial charge < -0.3 is 14.6 Å². The normalized spacial score (nSPS) is 12.8. The second-order valence-electron chi connectivity index (χ2n) is 9.42. The average Bonchev–Trinajstić information content (AvgIpc) is 3.32. The van der Waals surface area contributed by atoms with Gasteiger partial charge in [0.15, 0.2) is 0 Å². The molecule has 0 atom stereocenters. The fraction of sp³-hybridized carbons (Fsp3) is 0.207. The zero-order valence-corrected chi connectivity index (χ0v) is 22.0. The molecular weight excluding hydrogens is 514 g/mol. The van der Waals surface area contributed by atoms with Crippen LogP contribution in [0, 0.1) is 5.41 Å². The summed E-state index contributed by atoms with van der Waals surface area (Å²) in [6, 6.07) is 16.2. The standard InChI is InChI=1S/C29H25N5O4S/c1-38-29(37)23-18-11-5-6-12-21(18)39-27(23)32-26(35)19-15-20-25(31-22-13-7-8-14-33(22)28(20)36)34(24(19)30)16-17-9-3-2-4-10-17/h2-4,7-10,13-15,30H,5-6,11-12,16H2,1H3,(H,32,35). The Bertz CT molecular complexity index is 1890. The average molecular weight is 540 g/mol. The number of aryl methyl sites for hydroxylation is 1. The van der Waals surface area contributed by atoms with Gasteiger partial charge in [0.2, 0.25) is 0 Å². The molecule has 0 unspecified atom stereocenters. The summed E-state index contributed by atoms with van der Waals surface area (Å²) < 4.78 is 8.03. The highest BCUT2D eigenvalue weighted by atomic mass is 32.1. The first-order chi connectivity index (χ1) is 19.0. The monoisotopic (exact) mass is 539 g/mol. The molecule has 196 valence electrons. The molecule has 4 heterocycles. The molecule has 9 nitrogen and oxygen atoms in total. The summed E-state index contributed by atoms with van der Waals surface area (Å²) in [7, 11) is 1.32. The second kappa shape index (κ2) is 9.95. The Morgan fingerprint density at radius 3 is 2.67 bits per heavy atom. The fourth-order valence-corrected chi connectivity index (χ4v) is 6.39. The van der Waals surface area contributed by atoms with Crippen LogP contribution in [0.3, 0.4) is 0 Å². The third-order valence-electron chi connectivity index (χ3n) is 7.03. The van der Waals surface area contributed by atoms with E-state index in [-0.39, 0.29) is 28.5 Å². The van der Waals surface area contributed by atoms with Crippen molar-refractivity contribution in [1.29, 1.82) is 5.41 Å². The van der Waals surface area contributed by atoms with Crippen molar-refractivity contribution in [3.63, 3.8) is 0 Å². The van der Waals surface area contributed by atoms with E-state index < -0.39 is 11.9 Å². The van der Waals surface area contributed by atoms with Crippen LogP contribution in [0.2, 0.25) is 0 Å². The Morgan fingerprint density at radius 1 is 1.10 bits per heavy atom. The van der Waals surface area contributed by atoms with Gasteiger partial charge in [-0.05, 0) is 55.0 Å². The number of hydrogen-bond donors (Lipinski definition) is 2. The summed E-state index contributed by atoms with van der Waals surface area (Å²) in [6.07, 6.45) is 5.20. The third kappa shape index (κ3) is 4.32. The van der Waals surface area contributed by atoms with Crippen molar-refractivity contribution in [1.82, 2.24) is 14.0 Å². The molecule has 0 radical (unpaired) electrons. The number of anilines is 1. The molecule has 0 fully saturated rings. The van der Waals surface area contributed by atoms with E-state index in [0.717, 1.165) is 41.7 Å². The van der Waals surface area contributed by atoms with Gasteiger partial charge in [0.25, 0.3) is 11.5 Å². The van der Waals surface area contributed by atoms with E-state index in [1.807, 2.05) is 30.3 Å². The Morgan fingerprint density at radius 2 is 1.87 bits per heavy atom. The maximum absolute atomic E-state index is 13.7. The van der Waals surface area contributed by atoms with Gasteiger partial charge >= 0.3 is 5.97 Å². The van der Waals surface area contributed by atoms with Crippen LogP contribution in [-0.2, 0) is 24.1 Å². The Kier molecular flexibility index (Phi) is 6.32. The summed E-state index contributed by atoms with van der Waals surface area (Å²) in [5.41, 5.74) is 2.54. The molecular formula is C29H25N5O4S. The number of rotatable bonds is 5. The van der Waals surface area contributed by atoms with Crippen LogP contribution >= 0.6 is 11.3 Å². The third-order valence-corrected chi connectivity index (χ3v) is 8.24. The Balaban J connectivity index is 1.52. The maximum Gasteiger partial charge on any atom is 0.341 e. The first-order valence-electron chi connectivity index (χ1n) is 12.6. The Hall–Kier alpha value is -4.57. The molecule has 0 saturated carbocycles. The van der Waals surface area contributed by atoms with Crippen molar-refractivity contribution in [3.05, 3.63) is 104 Å². The number of benzene rings is 1. The predicted molar refractivity (Wildman–Crippen MR) is 149 cm³/mol. The molecule has 6 rings (SSSR count). The van der Waals surface area contributed by atoms with Crippen LogP contribution in [0.1, 0.15) is 49.6 Å². The van der Waals surface area contributed by atoms with Gasteiger partial charge in [0.1, 0.15) is 21.8 Å². The summed E-state index contributed by atoms with van der Waals surface area (Å²) in [6.45, 7) is 0.244. The highest BCUT2D eigenvalue weighted by molar-refractivity contribution is 7.17. The van der Waals surface area contributed by atoms with Crippen molar-refractivity contribution in [2.45, 2.75) is 32.2 Å². The second-order valence-corrected chi connectivity index (χ2v) is 10.5. The number of ether oxygens (including phenoxy) is 1. The zero-order chi connectivity index (χ0) is 27.1. The van der Waals surface area contributed by atoms with E-state index in [0.29, 0.717) is 21.9 Å². The quantitative estimate of drug-likeness (QED) is 0.257. The lowest BCUT2D eigenvalue weighted by Crippen LogP contribution is -2.32. The number of nitrogens with one attached hydrogen (secondary N) is 2. The van der Waals surface area contributed by atoms with E-state index in [9.17, 15) is 14.4 Å². The molecule has 4 aromatic heterocycles. The maximum atomic E-state index is 13.7. The molecule has 1 aliphatic carbocycles. The highest BCUT2D eigenvalue weighted by Crippen LogP contribution is 2.38. The molecule has 10 heteroatoms. The van der Waals surface area contributed by atoms with Gasteiger partial charge in [-0.25, -0.2) is 9.78 Å². The van der Waals surface area contributed by atoms with Gasteiger partial charge in [-0.1, -0.05) is 36.4 Å². The van der Waals surface area contributed by atoms with Crippen molar-refractivity contribution >= 4 is 44.9 Å². The van der Waals surface area contributed by atoms with Crippen LogP contribution in [0.15, 0.2) is 65.6 Å². The van der Waals surface area contributed by atoms with Crippen molar-refractivity contribution in [2.75, 3.05) is 12.4 Å². The summed E-state index contributed by atoms with van der Waals surface area (Å²) in [5, 5.41) is 12.5. The van der Waals surface area contributed by atoms with Crippen LogP contribution in [0.5, 0.6) is 0 Å². The molecule has 0 bridgehead atoms.